The summed E-state index contributed by atoms with van der Waals surface area (Å²) in [5.41, 5.74) is 2.88. The molecule has 120 valence electrons. The van der Waals surface area contributed by atoms with E-state index in [1.807, 2.05) is 31.2 Å². The fourth-order valence-corrected chi connectivity index (χ4v) is 2.15. The Kier molecular flexibility index (Phi) is 5.74. The monoisotopic (exact) mass is 312 g/mol. The number of hydrogen-bond donors (Lipinski definition) is 2. The van der Waals surface area contributed by atoms with Crippen LogP contribution in [0.25, 0.3) is 0 Å². The maximum absolute atomic E-state index is 12.0. The first kappa shape index (κ1) is 16.5. The third-order valence-corrected chi connectivity index (χ3v) is 3.37. The van der Waals surface area contributed by atoms with Crippen LogP contribution in [-0.4, -0.2) is 25.5 Å². The predicted molar refractivity (Wildman–Crippen MR) is 90.7 cm³/mol. The van der Waals surface area contributed by atoms with E-state index in [0.29, 0.717) is 16.9 Å². The molecule has 1 amide bonds. The molecule has 0 unspecified atom stereocenters. The largest absolute Gasteiger partial charge is 0.452 e. The summed E-state index contributed by atoms with van der Waals surface area (Å²) in [5.74, 6) is -0.902. The molecule has 0 aliphatic carbocycles. The maximum Gasteiger partial charge on any atom is 0.340 e. The summed E-state index contributed by atoms with van der Waals surface area (Å²) in [4.78, 5) is 23.9. The van der Waals surface area contributed by atoms with Crippen LogP contribution in [0.5, 0.6) is 0 Å². The van der Waals surface area contributed by atoms with E-state index in [1.165, 1.54) is 0 Å². The van der Waals surface area contributed by atoms with Crippen molar-refractivity contribution in [2.24, 2.45) is 0 Å². The highest BCUT2D eigenvalue weighted by Gasteiger charge is 2.13. The third-order valence-electron chi connectivity index (χ3n) is 3.37. The summed E-state index contributed by atoms with van der Waals surface area (Å²) in [6, 6.07) is 14.5. The standard InChI is InChI=1S/C18H20N2O3/c1-3-13-7-6-8-14(11-13)20-17(21)12-23-18(22)15-9-4-5-10-16(15)19-2/h4-11,19H,3,12H2,1-2H3,(H,20,21). The first-order valence-corrected chi connectivity index (χ1v) is 7.46. The van der Waals surface area contributed by atoms with Gasteiger partial charge in [0.25, 0.3) is 5.91 Å². The zero-order valence-electron chi connectivity index (χ0n) is 13.3. The summed E-state index contributed by atoms with van der Waals surface area (Å²) in [6.07, 6.45) is 0.888. The molecule has 0 aromatic heterocycles. The van der Waals surface area contributed by atoms with Crippen LogP contribution < -0.4 is 10.6 Å². The van der Waals surface area contributed by atoms with Crippen LogP contribution in [0, 0.1) is 0 Å². The molecule has 2 rings (SSSR count). The number of hydrogen-bond acceptors (Lipinski definition) is 4. The Hall–Kier alpha value is -2.82. The summed E-state index contributed by atoms with van der Waals surface area (Å²) in [5, 5.41) is 5.64. The molecule has 0 spiro atoms. The van der Waals surface area contributed by atoms with E-state index in [9.17, 15) is 9.59 Å². The van der Waals surface area contributed by atoms with Gasteiger partial charge in [0.2, 0.25) is 0 Å². The average molecular weight is 312 g/mol. The number of esters is 1. The third kappa shape index (κ3) is 4.57. The van der Waals surface area contributed by atoms with Crippen molar-refractivity contribution in [3.63, 3.8) is 0 Å². The minimum absolute atomic E-state index is 0.326. The number of benzene rings is 2. The SMILES string of the molecule is CCc1cccc(NC(=O)COC(=O)c2ccccc2NC)c1. The van der Waals surface area contributed by atoms with Crippen molar-refractivity contribution in [3.8, 4) is 0 Å². The lowest BCUT2D eigenvalue weighted by molar-refractivity contribution is -0.119. The molecule has 2 aromatic carbocycles. The molecule has 5 heteroatoms. The van der Waals surface area contributed by atoms with Gasteiger partial charge in [0.15, 0.2) is 6.61 Å². The van der Waals surface area contributed by atoms with Crippen LogP contribution in [0.4, 0.5) is 11.4 Å². The van der Waals surface area contributed by atoms with E-state index in [1.54, 1.807) is 31.3 Å². The quantitative estimate of drug-likeness (QED) is 0.804. The molecule has 0 bridgehead atoms. The molecule has 2 N–H and O–H groups in total. The van der Waals surface area contributed by atoms with Gasteiger partial charge in [0, 0.05) is 18.4 Å². The molecular formula is C18H20N2O3. The van der Waals surface area contributed by atoms with Gasteiger partial charge in [-0.15, -0.1) is 0 Å². The van der Waals surface area contributed by atoms with Crippen LogP contribution in [0.2, 0.25) is 0 Å². The summed E-state index contributed by atoms with van der Waals surface area (Å²) >= 11 is 0. The van der Waals surface area contributed by atoms with Gasteiger partial charge in [-0.3, -0.25) is 4.79 Å². The van der Waals surface area contributed by atoms with E-state index in [4.69, 9.17) is 4.74 Å². The number of ether oxygens (including phenoxy) is 1. The van der Waals surface area contributed by atoms with E-state index in [2.05, 4.69) is 10.6 Å². The van der Waals surface area contributed by atoms with E-state index >= 15 is 0 Å². The normalized spacial score (nSPS) is 10.0. The first-order chi connectivity index (χ1) is 11.1. The summed E-state index contributed by atoms with van der Waals surface area (Å²) in [6.45, 7) is 1.72. The molecule has 0 saturated carbocycles. The lowest BCUT2D eigenvalue weighted by Crippen LogP contribution is -2.21. The van der Waals surface area contributed by atoms with Crippen molar-refractivity contribution >= 4 is 23.3 Å². The minimum atomic E-state index is -0.535. The second-order valence-corrected chi connectivity index (χ2v) is 4.97. The number of anilines is 2. The van der Waals surface area contributed by atoms with Crippen molar-refractivity contribution in [1.82, 2.24) is 0 Å². The van der Waals surface area contributed by atoms with E-state index in [0.717, 1.165) is 12.0 Å². The molecule has 0 saturated heterocycles. The summed E-state index contributed by atoms with van der Waals surface area (Å²) < 4.78 is 5.07. The number of rotatable bonds is 6. The van der Waals surface area contributed by atoms with Crippen LogP contribution in [0.15, 0.2) is 48.5 Å². The maximum atomic E-state index is 12.0. The highest BCUT2D eigenvalue weighted by atomic mass is 16.5. The molecule has 23 heavy (non-hydrogen) atoms. The smallest absolute Gasteiger partial charge is 0.340 e. The number of nitrogens with one attached hydrogen (secondary N) is 2. The van der Waals surface area contributed by atoms with Gasteiger partial charge >= 0.3 is 5.97 Å². The number of para-hydroxylation sites is 1. The van der Waals surface area contributed by atoms with E-state index in [-0.39, 0.29) is 12.5 Å². The number of carbonyl (C=O) groups is 2. The van der Waals surface area contributed by atoms with Gasteiger partial charge < -0.3 is 15.4 Å². The van der Waals surface area contributed by atoms with Gasteiger partial charge in [-0.25, -0.2) is 4.79 Å². The van der Waals surface area contributed by atoms with Crippen LogP contribution in [-0.2, 0) is 16.0 Å². The van der Waals surface area contributed by atoms with Gasteiger partial charge in [0.1, 0.15) is 0 Å². The first-order valence-electron chi connectivity index (χ1n) is 7.46. The number of aryl methyl sites for hydroxylation is 1. The second-order valence-electron chi connectivity index (χ2n) is 4.97. The Morgan fingerprint density at radius 2 is 1.87 bits per heavy atom. The fourth-order valence-electron chi connectivity index (χ4n) is 2.15. The molecule has 0 aliphatic heterocycles. The van der Waals surface area contributed by atoms with Crippen molar-refractivity contribution in [3.05, 3.63) is 59.7 Å². The topological polar surface area (TPSA) is 67.4 Å². The highest BCUT2D eigenvalue weighted by molar-refractivity contribution is 5.98. The molecule has 0 radical (unpaired) electrons. The fraction of sp³-hybridized carbons (Fsp3) is 0.222. The molecule has 0 fully saturated rings. The van der Waals surface area contributed by atoms with Gasteiger partial charge in [0.05, 0.1) is 5.56 Å². The van der Waals surface area contributed by atoms with E-state index < -0.39 is 5.97 Å². The summed E-state index contributed by atoms with van der Waals surface area (Å²) in [7, 11) is 1.72. The second kappa shape index (κ2) is 7.98. The Morgan fingerprint density at radius 1 is 1.09 bits per heavy atom. The molecule has 0 heterocycles. The van der Waals surface area contributed by atoms with Crippen molar-refractivity contribution in [1.29, 1.82) is 0 Å². The predicted octanol–water partition coefficient (Wildman–Crippen LogP) is 3.09. The Bertz CT molecular complexity index is 698. The Morgan fingerprint density at radius 3 is 2.61 bits per heavy atom. The van der Waals surface area contributed by atoms with Gasteiger partial charge in [-0.2, -0.15) is 0 Å². The van der Waals surface area contributed by atoms with Crippen molar-refractivity contribution in [2.75, 3.05) is 24.3 Å². The highest BCUT2D eigenvalue weighted by Crippen LogP contribution is 2.15. The van der Waals surface area contributed by atoms with Crippen molar-refractivity contribution in [2.45, 2.75) is 13.3 Å². The molecule has 5 nitrogen and oxygen atoms in total. The van der Waals surface area contributed by atoms with Crippen LogP contribution >= 0.6 is 0 Å². The Balaban J connectivity index is 1.92. The molecule has 0 atom stereocenters. The van der Waals surface area contributed by atoms with Gasteiger partial charge in [-0.1, -0.05) is 31.2 Å². The molecule has 0 aliphatic rings. The van der Waals surface area contributed by atoms with Crippen LogP contribution in [0.3, 0.4) is 0 Å². The zero-order valence-corrected chi connectivity index (χ0v) is 13.3. The number of amides is 1. The molecule has 2 aromatic rings. The zero-order chi connectivity index (χ0) is 16.7. The number of carbonyl (C=O) groups excluding carboxylic acids is 2. The minimum Gasteiger partial charge on any atom is -0.452 e. The lowest BCUT2D eigenvalue weighted by atomic mass is 10.1. The molecular weight excluding hydrogens is 292 g/mol. The lowest BCUT2D eigenvalue weighted by Gasteiger charge is -2.10. The van der Waals surface area contributed by atoms with Crippen LogP contribution in [0.1, 0.15) is 22.8 Å². The average Bonchev–Trinajstić information content (AvgIpc) is 2.59. The van der Waals surface area contributed by atoms with Crippen molar-refractivity contribution < 1.29 is 14.3 Å². The van der Waals surface area contributed by atoms with Gasteiger partial charge in [-0.05, 0) is 36.2 Å². The Labute approximate surface area is 135 Å².